The van der Waals surface area contributed by atoms with Gasteiger partial charge in [0.1, 0.15) is 23.1 Å². The molecule has 0 spiro atoms. The topological polar surface area (TPSA) is 77.0 Å². The first-order valence-corrected chi connectivity index (χ1v) is 13.6. The quantitative estimate of drug-likeness (QED) is 0.422. The van der Waals surface area contributed by atoms with Gasteiger partial charge in [-0.2, -0.15) is 0 Å². The lowest BCUT2D eigenvalue weighted by Gasteiger charge is -2.38. The predicted molar refractivity (Wildman–Crippen MR) is 139 cm³/mol. The first-order valence-electron chi connectivity index (χ1n) is 12.5. The van der Waals surface area contributed by atoms with Crippen molar-refractivity contribution in [1.82, 2.24) is 14.9 Å². The van der Waals surface area contributed by atoms with Crippen LogP contribution in [0.5, 0.6) is 17.2 Å². The van der Waals surface area contributed by atoms with Crippen molar-refractivity contribution in [2.24, 2.45) is 0 Å². The summed E-state index contributed by atoms with van der Waals surface area (Å²) in [7, 11) is 1.16. The molecule has 2 unspecified atom stereocenters. The van der Waals surface area contributed by atoms with Crippen LogP contribution in [0.2, 0.25) is 0 Å². The van der Waals surface area contributed by atoms with Gasteiger partial charge in [0.2, 0.25) is 5.95 Å². The highest BCUT2D eigenvalue weighted by Gasteiger charge is 2.31. The summed E-state index contributed by atoms with van der Waals surface area (Å²) in [5.74, 6) is 1.44. The van der Waals surface area contributed by atoms with Gasteiger partial charge in [0.25, 0.3) is 0 Å². The zero-order chi connectivity index (χ0) is 25.8. The predicted octanol–water partition coefficient (Wildman–Crippen LogP) is 4.67. The van der Waals surface area contributed by atoms with E-state index < -0.39 is 16.8 Å². The minimum Gasteiger partial charge on any atom is -0.497 e. The van der Waals surface area contributed by atoms with E-state index in [4.69, 9.17) is 14.2 Å². The fourth-order valence-corrected chi connectivity index (χ4v) is 6.16. The van der Waals surface area contributed by atoms with Gasteiger partial charge in [0, 0.05) is 48.1 Å². The van der Waals surface area contributed by atoms with Gasteiger partial charge in [0.15, 0.2) is 11.0 Å². The third-order valence-electron chi connectivity index (χ3n) is 6.88. The molecule has 2 aliphatic rings. The third-order valence-corrected chi connectivity index (χ3v) is 8.26. The van der Waals surface area contributed by atoms with Gasteiger partial charge in [0.05, 0.1) is 32.3 Å². The molecule has 1 fully saturated rings. The highest BCUT2D eigenvalue weighted by atomic mass is 32.2. The number of benzene rings is 2. The van der Waals surface area contributed by atoms with Crippen molar-refractivity contribution in [3.05, 3.63) is 65.7 Å². The largest absolute Gasteiger partial charge is 0.497 e. The molecule has 8 nitrogen and oxygen atoms in total. The molecular weight excluding hydrogens is 495 g/mol. The molecule has 2 atom stereocenters. The molecular formula is C27H31FN4O4S. The van der Waals surface area contributed by atoms with Crippen LogP contribution in [0.4, 0.5) is 10.3 Å². The van der Waals surface area contributed by atoms with Crippen molar-refractivity contribution in [2.45, 2.75) is 43.2 Å². The standard InChI is InChI=1S/C27H31FN4O4S/c1-34-20-8-7-19(24(15-20)35-2)18-32(27-29-10-6-11-30-27)37(33)26-17-25-21(16-22(26)28)23(9-14-36-25)31-12-4-3-5-13-31/h6-8,10-11,15-17,23H,3-5,9,12-14,18H2,1-2H3. The van der Waals surface area contributed by atoms with E-state index in [-0.39, 0.29) is 23.4 Å². The molecule has 0 aliphatic carbocycles. The smallest absolute Gasteiger partial charge is 0.237 e. The molecule has 2 aromatic carbocycles. The maximum Gasteiger partial charge on any atom is 0.237 e. The number of hydrogen-bond acceptors (Lipinski definition) is 7. The van der Waals surface area contributed by atoms with E-state index in [0.29, 0.717) is 23.9 Å². The summed E-state index contributed by atoms with van der Waals surface area (Å²) in [6, 6.07) is 10.2. The summed E-state index contributed by atoms with van der Waals surface area (Å²) in [6.45, 7) is 2.67. The number of anilines is 1. The van der Waals surface area contributed by atoms with Crippen LogP contribution in [0.3, 0.4) is 0 Å². The van der Waals surface area contributed by atoms with Crippen LogP contribution in [0, 0.1) is 5.82 Å². The highest BCUT2D eigenvalue weighted by Crippen LogP contribution is 2.40. The Bertz CT molecular complexity index is 1260. The van der Waals surface area contributed by atoms with Crippen molar-refractivity contribution in [3.63, 3.8) is 0 Å². The molecule has 1 aromatic heterocycles. The summed E-state index contributed by atoms with van der Waals surface area (Å²) < 4.78 is 47.8. The van der Waals surface area contributed by atoms with E-state index in [9.17, 15) is 4.21 Å². The molecule has 0 saturated carbocycles. The highest BCUT2D eigenvalue weighted by molar-refractivity contribution is 7.86. The first kappa shape index (κ1) is 25.4. The second-order valence-electron chi connectivity index (χ2n) is 9.08. The fraction of sp³-hybridized carbons (Fsp3) is 0.407. The maximum atomic E-state index is 15.7. The Morgan fingerprint density at radius 2 is 1.89 bits per heavy atom. The van der Waals surface area contributed by atoms with Gasteiger partial charge in [-0.25, -0.2) is 18.6 Å². The minimum atomic E-state index is -1.96. The van der Waals surface area contributed by atoms with Gasteiger partial charge in [-0.3, -0.25) is 9.21 Å². The molecule has 3 heterocycles. The zero-order valence-electron chi connectivity index (χ0n) is 21.1. The van der Waals surface area contributed by atoms with Crippen LogP contribution in [0.1, 0.15) is 42.9 Å². The Morgan fingerprint density at radius 1 is 1.11 bits per heavy atom. The second-order valence-corrected chi connectivity index (χ2v) is 10.5. The molecule has 2 aliphatic heterocycles. The fourth-order valence-electron chi connectivity index (χ4n) is 4.99. The molecule has 196 valence electrons. The number of hydrogen-bond donors (Lipinski definition) is 0. The first-order chi connectivity index (χ1) is 18.1. The number of ether oxygens (including phenoxy) is 3. The van der Waals surface area contributed by atoms with E-state index in [1.165, 1.54) is 16.8 Å². The van der Waals surface area contributed by atoms with Crippen LogP contribution >= 0.6 is 0 Å². The summed E-state index contributed by atoms with van der Waals surface area (Å²) in [5, 5.41) is 0. The molecule has 5 rings (SSSR count). The van der Waals surface area contributed by atoms with Gasteiger partial charge in [-0.15, -0.1) is 0 Å². The van der Waals surface area contributed by atoms with E-state index >= 15 is 4.39 Å². The molecule has 0 bridgehead atoms. The number of rotatable bonds is 8. The maximum absolute atomic E-state index is 15.7. The summed E-state index contributed by atoms with van der Waals surface area (Å²) in [5.41, 5.74) is 1.55. The zero-order valence-corrected chi connectivity index (χ0v) is 21.9. The van der Waals surface area contributed by atoms with Gasteiger partial charge >= 0.3 is 0 Å². The molecule has 37 heavy (non-hydrogen) atoms. The Morgan fingerprint density at radius 3 is 2.62 bits per heavy atom. The van der Waals surface area contributed by atoms with Gasteiger partial charge in [-0.05, 0) is 50.2 Å². The normalized spacial score (nSPS) is 18.4. The van der Waals surface area contributed by atoms with Crippen molar-refractivity contribution < 1.29 is 22.8 Å². The van der Waals surface area contributed by atoms with Crippen molar-refractivity contribution >= 4 is 16.9 Å². The monoisotopic (exact) mass is 526 g/mol. The van der Waals surface area contributed by atoms with Crippen LogP contribution in [-0.2, 0) is 17.5 Å². The number of piperidine rings is 1. The van der Waals surface area contributed by atoms with Crippen molar-refractivity contribution in [1.29, 1.82) is 0 Å². The lowest BCUT2D eigenvalue weighted by molar-refractivity contribution is 0.118. The minimum absolute atomic E-state index is 0.0259. The Hall–Kier alpha value is -3.24. The van der Waals surface area contributed by atoms with Gasteiger partial charge < -0.3 is 14.2 Å². The Labute approximate surface area is 219 Å². The molecule has 0 radical (unpaired) electrons. The molecule has 1 saturated heterocycles. The van der Waals surface area contributed by atoms with E-state index in [1.807, 2.05) is 6.07 Å². The summed E-state index contributed by atoms with van der Waals surface area (Å²) in [4.78, 5) is 11.0. The van der Waals surface area contributed by atoms with Gasteiger partial charge in [-0.1, -0.05) is 6.42 Å². The average Bonchev–Trinajstić information content (AvgIpc) is 2.95. The Kier molecular flexibility index (Phi) is 7.85. The van der Waals surface area contributed by atoms with E-state index in [1.54, 1.807) is 50.9 Å². The SMILES string of the molecule is COc1ccc(CN(c2ncccn2)S(=O)c2cc3c(cc2F)C(N2CCCCC2)CCO3)c(OC)c1. The average molecular weight is 527 g/mol. The molecule has 0 N–H and O–H groups in total. The third kappa shape index (κ3) is 5.40. The number of halogens is 1. The van der Waals surface area contributed by atoms with E-state index in [2.05, 4.69) is 14.9 Å². The summed E-state index contributed by atoms with van der Waals surface area (Å²) in [6.07, 6.45) is 7.47. The van der Waals surface area contributed by atoms with Crippen LogP contribution in [0.15, 0.2) is 53.7 Å². The summed E-state index contributed by atoms with van der Waals surface area (Å²) >= 11 is 0. The number of methoxy groups -OCH3 is 2. The van der Waals surface area contributed by atoms with Crippen LogP contribution < -0.4 is 18.5 Å². The molecule has 10 heteroatoms. The van der Waals surface area contributed by atoms with Crippen molar-refractivity contribution in [3.8, 4) is 17.2 Å². The number of fused-ring (bicyclic) bond motifs is 1. The molecule has 0 amide bonds. The number of likely N-dealkylation sites (tertiary alicyclic amines) is 1. The lowest BCUT2D eigenvalue weighted by Crippen LogP contribution is -2.36. The Balaban J connectivity index is 1.50. The second kappa shape index (κ2) is 11.4. The van der Waals surface area contributed by atoms with Crippen LogP contribution in [0.25, 0.3) is 0 Å². The van der Waals surface area contributed by atoms with Crippen LogP contribution in [-0.4, -0.2) is 53.0 Å². The number of nitrogens with zero attached hydrogens (tertiary/aromatic N) is 4. The number of aromatic nitrogens is 2. The lowest BCUT2D eigenvalue weighted by atomic mass is 9.96. The van der Waals surface area contributed by atoms with E-state index in [0.717, 1.165) is 43.5 Å². The van der Waals surface area contributed by atoms with Crippen molar-refractivity contribution in [2.75, 3.05) is 38.2 Å². The molecule has 3 aromatic rings.